The largest absolute Gasteiger partial charge is 0.460 e. The molecule has 192 valence electrons. The molecule has 0 amide bonds. The van der Waals surface area contributed by atoms with E-state index in [1.165, 1.54) is 20.8 Å². The van der Waals surface area contributed by atoms with Crippen LogP contribution < -0.4 is 0 Å². The van der Waals surface area contributed by atoms with Crippen molar-refractivity contribution in [2.45, 2.75) is 88.2 Å². The van der Waals surface area contributed by atoms with Gasteiger partial charge in [-0.05, 0) is 12.8 Å². The Kier molecular flexibility index (Phi) is 8.07. The molecule has 0 atom stereocenters. The van der Waals surface area contributed by atoms with Crippen LogP contribution in [0.3, 0.4) is 0 Å². The third kappa shape index (κ3) is 4.64. The van der Waals surface area contributed by atoms with Gasteiger partial charge in [0.15, 0.2) is 0 Å². The van der Waals surface area contributed by atoms with E-state index in [2.05, 4.69) is 0 Å². The molecule has 0 radical (unpaired) electrons. The van der Waals surface area contributed by atoms with Gasteiger partial charge in [0.05, 0.1) is 0 Å². The smallest absolute Gasteiger partial charge is 0.299 e. The third-order valence-corrected chi connectivity index (χ3v) is 4.93. The Morgan fingerprint density at radius 1 is 0.594 bits per heavy atom. The van der Waals surface area contributed by atoms with Gasteiger partial charge in [0.1, 0.15) is 5.78 Å². The van der Waals surface area contributed by atoms with Crippen molar-refractivity contribution in [2.24, 2.45) is 5.41 Å². The van der Waals surface area contributed by atoms with Gasteiger partial charge in [-0.25, -0.2) is 0 Å². The highest BCUT2D eigenvalue weighted by Crippen LogP contribution is 2.62. The zero-order chi connectivity index (χ0) is 26.4. The zero-order valence-corrected chi connectivity index (χ0v) is 16.4. The van der Waals surface area contributed by atoms with Crippen LogP contribution in [0.2, 0.25) is 0 Å². The molecule has 0 bridgehead atoms. The van der Waals surface area contributed by atoms with Crippen molar-refractivity contribution in [3.63, 3.8) is 0 Å². The summed E-state index contributed by atoms with van der Waals surface area (Å²) < 4.78 is 196. The summed E-state index contributed by atoms with van der Waals surface area (Å²) in [5.74, 6) is -47.3. The van der Waals surface area contributed by atoms with Gasteiger partial charge >= 0.3 is 41.7 Å². The molecule has 0 fully saturated rings. The van der Waals surface area contributed by atoms with Crippen LogP contribution in [0.5, 0.6) is 0 Å². The molecule has 0 aromatic carbocycles. The first-order valence-corrected chi connectivity index (χ1v) is 8.56. The molecule has 0 heterocycles. The number of hydrogen-bond acceptors (Lipinski definition) is 1. The van der Waals surface area contributed by atoms with E-state index in [0.29, 0.717) is 0 Å². The molecule has 0 aliphatic rings. The third-order valence-electron chi connectivity index (χ3n) is 4.93. The number of carbonyl (C=O) groups excluding carboxylic acids is 1. The van der Waals surface area contributed by atoms with Crippen LogP contribution in [0.15, 0.2) is 0 Å². The van der Waals surface area contributed by atoms with E-state index < -0.39 is 72.2 Å². The van der Waals surface area contributed by atoms with Gasteiger partial charge in [-0.3, -0.25) is 4.79 Å². The zero-order valence-electron chi connectivity index (χ0n) is 16.4. The molecule has 0 aliphatic carbocycles. The molecule has 16 heteroatoms. The molecular weight excluding hydrogens is 493 g/mol. The number of carbonyl (C=O) groups is 1. The fourth-order valence-corrected chi connectivity index (χ4v) is 2.16. The van der Waals surface area contributed by atoms with Gasteiger partial charge in [0.25, 0.3) is 0 Å². The van der Waals surface area contributed by atoms with Crippen LogP contribution in [0.25, 0.3) is 0 Å². The first-order valence-electron chi connectivity index (χ1n) is 8.56. The van der Waals surface area contributed by atoms with E-state index >= 15 is 0 Å². The highest BCUT2D eigenvalue weighted by molar-refractivity contribution is 5.83. The van der Waals surface area contributed by atoms with Gasteiger partial charge in [-0.2, -0.15) is 65.9 Å². The van der Waals surface area contributed by atoms with Crippen molar-refractivity contribution >= 4 is 5.78 Å². The number of rotatable bonds is 11. The van der Waals surface area contributed by atoms with Gasteiger partial charge < -0.3 is 0 Å². The van der Waals surface area contributed by atoms with Crippen molar-refractivity contribution in [3.05, 3.63) is 0 Å². The topological polar surface area (TPSA) is 17.1 Å². The summed E-state index contributed by atoms with van der Waals surface area (Å²) in [7, 11) is 0. The molecule has 0 saturated heterocycles. The average Bonchev–Trinajstić information content (AvgIpc) is 2.59. The van der Waals surface area contributed by atoms with Crippen LogP contribution in [-0.4, -0.2) is 47.5 Å². The Labute approximate surface area is 171 Å². The van der Waals surface area contributed by atoms with Crippen molar-refractivity contribution in [2.75, 3.05) is 0 Å². The number of Topliss-reactive ketones (excluding diaryl/α,β-unsaturated/α-hetero) is 1. The SMILES string of the molecule is CCC(C)(C)C(=O)CCCC(F)(F)C(F)(F)C(F)(F)C(F)(F)C(F)(F)C(F)(F)C(F)(F)F. The monoisotopic (exact) mass is 510 g/mol. The molecule has 0 rings (SSSR count). The standard InChI is InChI=1S/C16H17F15O/c1-4-9(2,3)8(32)6-5-7-10(17,18)11(19,20)12(21,22)13(23,24)14(25,26)15(27,28)16(29,30)31/h4-7H2,1-3H3. The van der Waals surface area contributed by atoms with E-state index in [0.717, 1.165) is 0 Å². The molecule has 0 unspecified atom stereocenters. The average molecular weight is 510 g/mol. The molecule has 0 aromatic heterocycles. The fraction of sp³-hybridized carbons (Fsp3) is 0.938. The van der Waals surface area contributed by atoms with Crippen LogP contribution in [0.1, 0.15) is 46.5 Å². The highest BCUT2D eigenvalue weighted by atomic mass is 19.4. The summed E-state index contributed by atoms with van der Waals surface area (Å²) in [5.41, 5.74) is -1.18. The lowest BCUT2D eigenvalue weighted by atomic mass is 9.82. The fourth-order valence-electron chi connectivity index (χ4n) is 2.16. The van der Waals surface area contributed by atoms with Gasteiger partial charge in [-0.1, -0.05) is 20.8 Å². The minimum atomic E-state index is -8.29. The maximum absolute atomic E-state index is 13.6. The molecule has 0 aromatic rings. The van der Waals surface area contributed by atoms with E-state index in [1.807, 2.05) is 0 Å². The lowest BCUT2D eigenvalue weighted by Crippen LogP contribution is -2.72. The van der Waals surface area contributed by atoms with E-state index in [9.17, 15) is 70.7 Å². The molecule has 32 heavy (non-hydrogen) atoms. The maximum atomic E-state index is 13.6. The lowest BCUT2D eigenvalue weighted by molar-refractivity contribution is -0.452. The maximum Gasteiger partial charge on any atom is 0.460 e. The minimum absolute atomic E-state index is 0.116. The van der Waals surface area contributed by atoms with Crippen molar-refractivity contribution < 1.29 is 70.7 Å². The lowest BCUT2D eigenvalue weighted by Gasteiger charge is -2.41. The Bertz CT molecular complexity index is 675. The molecule has 1 nitrogen and oxygen atoms in total. The summed E-state index contributed by atoms with van der Waals surface area (Å²) in [6.07, 6.45) is -12.3. The molecular formula is C16H17F15O. The minimum Gasteiger partial charge on any atom is -0.299 e. The van der Waals surface area contributed by atoms with Crippen molar-refractivity contribution in [1.29, 1.82) is 0 Å². The Morgan fingerprint density at radius 3 is 1.28 bits per heavy atom. The Balaban J connectivity index is 6.03. The number of ketones is 1. The second kappa shape index (κ2) is 8.44. The Hall–Kier alpha value is -1.38. The predicted molar refractivity (Wildman–Crippen MR) is 78.7 cm³/mol. The van der Waals surface area contributed by atoms with Gasteiger partial charge in [0, 0.05) is 18.3 Å². The van der Waals surface area contributed by atoms with Crippen molar-refractivity contribution in [3.8, 4) is 0 Å². The summed E-state index contributed by atoms with van der Waals surface area (Å²) in [4.78, 5) is 11.7. The summed E-state index contributed by atoms with van der Waals surface area (Å²) in [5, 5.41) is 0. The second-order valence-electron chi connectivity index (χ2n) is 7.59. The Morgan fingerprint density at radius 2 is 0.938 bits per heavy atom. The second-order valence-corrected chi connectivity index (χ2v) is 7.59. The van der Waals surface area contributed by atoms with Crippen LogP contribution in [0.4, 0.5) is 65.9 Å². The molecule has 0 spiro atoms. The van der Waals surface area contributed by atoms with Crippen molar-refractivity contribution in [1.82, 2.24) is 0 Å². The predicted octanol–water partition coefficient (Wildman–Crippen LogP) is 7.54. The van der Waals surface area contributed by atoms with Gasteiger partial charge in [-0.15, -0.1) is 0 Å². The van der Waals surface area contributed by atoms with Crippen LogP contribution in [-0.2, 0) is 4.79 Å². The van der Waals surface area contributed by atoms with Crippen LogP contribution >= 0.6 is 0 Å². The highest BCUT2D eigenvalue weighted by Gasteiger charge is 2.93. The summed E-state index contributed by atoms with van der Waals surface area (Å²) in [6, 6.07) is 0. The van der Waals surface area contributed by atoms with E-state index in [4.69, 9.17) is 0 Å². The number of halogens is 15. The first kappa shape index (κ1) is 30.6. The number of alkyl halides is 15. The first-order chi connectivity index (χ1) is 13.7. The molecule has 0 saturated carbocycles. The normalized spacial score (nSPS) is 15.8. The summed E-state index contributed by atoms with van der Waals surface area (Å²) >= 11 is 0. The number of hydrogen-bond donors (Lipinski definition) is 0. The molecule has 0 aliphatic heterocycles. The quantitative estimate of drug-likeness (QED) is 0.263. The molecule has 0 N–H and O–H groups in total. The van der Waals surface area contributed by atoms with E-state index in [-0.39, 0.29) is 6.42 Å². The van der Waals surface area contributed by atoms with Crippen LogP contribution in [0, 0.1) is 5.41 Å². The summed E-state index contributed by atoms with van der Waals surface area (Å²) in [6.45, 7) is 4.04. The van der Waals surface area contributed by atoms with Gasteiger partial charge in [0.2, 0.25) is 0 Å². The van der Waals surface area contributed by atoms with E-state index in [1.54, 1.807) is 0 Å².